The fraction of sp³-hybridized carbons (Fsp3) is 0.469. The number of hydrogen-bond donors (Lipinski definition) is 4. The lowest BCUT2D eigenvalue weighted by Crippen LogP contribution is -2.47. The molecule has 0 radical (unpaired) electrons. The Morgan fingerprint density at radius 1 is 0.567 bits per heavy atom. The van der Waals surface area contributed by atoms with E-state index in [0.29, 0.717) is 106 Å². The van der Waals surface area contributed by atoms with Gasteiger partial charge in [-0.3, -0.25) is 48.8 Å². The van der Waals surface area contributed by atoms with Crippen LogP contribution in [0.15, 0.2) is 82.0 Å². The number of pyridine rings is 2. The smallest absolute Gasteiger partial charge is 0.411 e. The molecule has 0 unspecified atom stereocenters. The molecule has 4 fully saturated rings. The molecule has 6 aliphatic rings. The molecule has 4 aromatic heterocycles. The molecule has 12 rings (SSSR count). The molecule has 0 spiro atoms. The topological polar surface area (TPSA) is 289 Å². The third-order valence-electron chi connectivity index (χ3n) is 17.7. The number of aryl methyl sites for hydroxylation is 2. The molecule has 2 saturated heterocycles. The first-order valence-electron chi connectivity index (χ1n) is 30.5. The van der Waals surface area contributed by atoms with Crippen LogP contribution in [0.25, 0.3) is 21.8 Å². The Morgan fingerprint density at radius 2 is 1.02 bits per heavy atom. The lowest BCUT2D eigenvalue weighted by Gasteiger charge is -2.27. The summed E-state index contributed by atoms with van der Waals surface area (Å²) in [5.74, 6) is -0.868. The number of piperidine rings is 2. The van der Waals surface area contributed by atoms with E-state index in [1.165, 1.54) is 23.2 Å². The number of nitrogens with zero attached hydrogens (tertiary/aromatic N) is 8. The van der Waals surface area contributed by atoms with Crippen LogP contribution >= 0.6 is 31.9 Å². The number of benzene rings is 2. The van der Waals surface area contributed by atoms with E-state index in [-0.39, 0.29) is 89.2 Å². The summed E-state index contributed by atoms with van der Waals surface area (Å²) in [7, 11) is 0. The fourth-order valence-electron chi connectivity index (χ4n) is 12.8. The molecular weight excluding hydrogens is 1290 g/mol. The molecule has 4 aliphatic heterocycles. The van der Waals surface area contributed by atoms with Gasteiger partial charge in [0.25, 0.3) is 0 Å². The van der Waals surface area contributed by atoms with Crippen molar-refractivity contribution in [2.45, 2.75) is 142 Å². The van der Waals surface area contributed by atoms with Crippen LogP contribution in [-0.4, -0.2) is 151 Å². The Morgan fingerprint density at radius 3 is 1.51 bits per heavy atom. The van der Waals surface area contributed by atoms with Gasteiger partial charge in [-0.15, -0.1) is 0 Å². The fourth-order valence-corrected chi connectivity index (χ4v) is 13.4. The van der Waals surface area contributed by atoms with Gasteiger partial charge in [-0.2, -0.15) is 10.2 Å². The zero-order chi connectivity index (χ0) is 63.4. The normalized spacial score (nSPS) is 24.2. The van der Waals surface area contributed by atoms with Crippen LogP contribution in [-0.2, 0) is 51.2 Å². The number of rotatable bonds is 6. The highest BCUT2D eigenvalue weighted by molar-refractivity contribution is 9.10. The van der Waals surface area contributed by atoms with E-state index in [9.17, 15) is 38.4 Å². The summed E-state index contributed by atoms with van der Waals surface area (Å²) < 4.78 is 27.0. The number of carbonyl (C=O) groups excluding carboxylic acids is 8. The molecule has 4 N–H and O–H groups in total. The molecule has 474 valence electrons. The van der Waals surface area contributed by atoms with Gasteiger partial charge in [0.2, 0.25) is 23.6 Å². The molecule has 8 heterocycles. The Labute approximate surface area is 536 Å². The highest BCUT2D eigenvalue weighted by Gasteiger charge is 2.68. The van der Waals surface area contributed by atoms with Gasteiger partial charge in [-0.1, -0.05) is 43.5 Å². The predicted octanol–water partition coefficient (Wildman–Crippen LogP) is 10.2. The van der Waals surface area contributed by atoms with Crippen LogP contribution in [0.1, 0.15) is 123 Å². The van der Waals surface area contributed by atoms with Crippen molar-refractivity contribution in [1.82, 2.24) is 39.3 Å². The number of halogens is 2. The first-order valence-corrected chi connectivity index (χ1v) is 32.1. The highest BCUT2D eigenvalue weighted by atomic mass is 79.9. The zero-order valence-electron chi connectivity index (χ0n) is 50.6. The summed E-state index contributed by atoms with van der Waals surface area (Å²) in [5, 5.41) is 21.4. The van der Waals surface area contributed by atoms with E-state index in [1.54, 1.807) is 58.3 Å². The van der Waals surface area contributed by atoms with Crippen molar-refractivity contribution in [1.29, 1.82) is 0 Å². The van der Waals surface area contributed by atoms with Crippen molar-refractivity contribution >= 4 is 124 Å². The van der Waals surface area contributed by atoms with Crippen LogP contribution in [0, 0.1) is 24.7 Å². The maximum absolute atomic E-state index is 14.1. The molecule has 24 nitrogen and oxygen atoms in total. The summed E-state index contributed by atoms with van der Waals surface area (Å²) in [6.07, 6.45) is 12.3. The number of anilines is 4. The Balaban J connectivity index is 0.000000185. The number of ketones is 2. The van der Waals surface area contributed by atoms with Gasteiger partial charge in [-0.05, 0) is 163 Å². The lowest BCUT2D eigenvalue weighted by atomic mass is 10.00. The number of fused-ring (bicyclic) bond motifs is 2. The maximum Gasteiger partial charge on any atom is 0.411 e. The second-order valence-electron chi connectivity index (χ2n) is 24.2. The quantitative estimate of drug-likeness (QED) is 0.0685. The first kappa shape index (κ1) is 63.6. The van der Waals surface area contributed by atoms with Crippen molar-refractivity contribution < 1.29 is 57.3 Å². The van der Waals surface area contributed by atoms with Crippen LogP contribution in [0.2, 0.25) is 0 Å². The maximum atomic E-state index is 14.1. The number of aromatic nitrogens is 6. The van der Waals surface area contributed by atoms with Gasteiger partial charge in [0.1, 0.15) is 57.4 Å². The lowest BCUT2D eigenvalue weighted by molar-refractivity contribution is -0.138. The van der Waals surface area contributed by atoms with Gasteiger partial charge < -0.3 is 39.4 Å². The SMILES string of the molecule is CC(=O)c1nn2c3cc(ccc13)NC(=O)OCCCCC=CCOC[C@@]13C[C@@H](C(=O)Nc4nc(Br)ccc4C)N(C(=O)C2)[C@@H]1C3.CC(=O)c1nn2c3cc(ccc13)NC(=O)OCCCCCCCOC[C@@]13C[C@@H](C(=O)Nc4nc(Br)ccc4C)N(C(=O)C2)[C@@H]1C3. The molecule has 26 heteroatoms. The van der Waals surface area contributed by atoms with Gasteiger partial charge in [0.05, 0.1) is 44.1 Å². The third-order valence-corrected chi connectivity index (χ3v) is 18.6. The minimum atomic E-state index is -0.741. The Kier molecular flexibility index (Phi) is 19.3. The molecule has 6 aromatic rings. The van der Waals surface area contributed by atoms with E-state index >= 15 is 0 Å². The Bertz CT molecular complexity index is 3830. The molecule has 2 saturated carbocycles. The van der Waals surface area contributed by atoms with Gasteiger partial charge >= 0.3 is 12.2 Å². The van der Waals surface area contributed by atoms with Crippen molar-refractivity contribution in [2.75, 3.05) is 60.9 Å². The number of allylic oxidation sites excluding steroid dienone is 1. The van der Waals surface area contributed by atoms with Crippen molar-refractivity contribution in [3.05, 3.63) is 105 Å². The van der Waals surface area contributed by atoms with Crippen LogP contribution in [0.4, 0.5) is 32.6 Å². The third kappa shape index (κ3) is 14.1. The van der Waals surface area contributed by atoms with E-state index in [4.69, 9.17) is 18.9 Å². The number of ether oxygens (including phenoxy) is 4. The summed E-state index contributed by atoms with van der Waals surface area (Å²) in [5.41, 5.74) is 3.34. The molecule has 90 heavy (non-hydrogen) atoms. The molecule has 8 bridgehead atoms. The molecule has 6 amide bonds. The number of cyclic esters (lactones) is 2. The molecule has 2 aliphatic carbocycles. The molecule has 6 atom stereocenters. The summed E-state index contributed by atoms with van der Waals surface area (Å²) >= 11 is 6.73. The van der Waals surface area contributed by atoms with E-state index < -0.39 is 24.3 Å². The van der Waals surface area contributed by atoms with E-state index in [1.807, 2.05) is 38.1 Å². The average Bonchev–Trinajstić information content (AvgIpc) is 1.55. The second-order valence-corrected chi connectivity index (χ2v) is 25.8. The predicted molar refractivity (Wildman–Crippen MR) is 340 cm³/mol. The van der Waals surface area contributed by atoms with Crippen molar-refractivity contribution in [3.63, 3.8) is 0 Å². The minimum absolute atomic E-state index is 0.146. The Hall–Kier alpha value is -7.94. The monoisotopic (exact) mass is 1360 g/mol. The molecule has 2 aromatic carbocycles. The zero-order valence-corrected chi connectivity index (χ0v) is 53.8. The average molecular weight is 1360 g/mol. The number of hydrogen-bond acceptors (Lipinski definition) is 16. The summed E-state index contributed by atoms with van der Waals surface area (Å²) in [4.78, 5) is 118. The summed E-state index contributed by atoms with van der Waals surface area (Å²) in [6, 6.07) is 15.6. The number of amides is 6. The molecular formula is C64H72Br2N12O12. The van der Waals surface area contributed by atoms with Crippen molar-refractivity contribution in [3.8, 4) is 0 Å². The first-order chi connectivity index (χ1) is 43.3. The number of carbonyl (C=O) groups is 8. The van der Waals surface area contributed by atoms with Crippen molar-refractivity contribution in [2.24, 2.45) is 10.8 Å². The largest absolute Gasteiger partial charge is 0.449 e. The van der Waals surface area contributed by atoms with E-state index in [2.05, 4.69) is 73.3 Å². The van der Waals surface area contributed by atoms with Gasteiger partial charge in [0, 0.05) is 65.5 Å². The number of nitrogens with one attached hydrogen (secondary N) is 4. The van der Waals surface area contributed by atoms with Crippen LogP contribution in [0.5, 0.6) is 0 Å². The number of Topliss-reactive ketones (excluding diaryl/α,β-unsaturated/α-hetero) is 2. The van der Waals surface area contributed by atoms with Crippen LogP contribution < -0.4 is 21.3 Å². The highest BCUT2D eigenvalue weighted by Crippen LogP contribution is 2.61. The van der Waals surface area contributed by atoms with Gasteiger partial charge in [-0.25, -0.2) is 19.6 Å². The summed E-state index contributed by atoms with van der Waals surface area (Å²) in [6.45, 7) is 8.69. The minimum Gasteiger partial charge on any atom is -0.449 e. The van der Waals surface area contributed by atoms with Gasteiger partial charge in [0.15, 0.2) is 11.6 Å². The van der Waals surface area contributed by atoms with Crippen LogP contribution in [0.3, 0.4) is 0 Å². The second kappa shape index (κ2) is 27.3. The standard InChI is InChI=1S/C32H37BrN6O6.C32H35BrN6O6/c2*1-19-8-11-26(33)35-29(19)36-30(42)24-15-32-16-25(32)39(24)27(41)17-38-23-14-21(9-10-22(23)28(37-38)20(2)40)34-31(43)45-13-7-5-3-4-6-12-44-18-32/h8-11,14,24-25H,3-7,12-13,15-18H2,1-2H3,(H,34,43)(H,35,36,42);4,6,8-11,14,24-25H,3,5,7,12-13,15-18H2,1-2H3,(H,34,43)(H,35,36,42)/t2*24-,25+,32-/m00/s1. The van der Waals surface area contributed by atoms with E-state index in [0.717, 1.165) is 68.9 Å².